The maximum atomic E-state index is 14.4. The predicted octanol–water partition coefficient (Wildman–Crippen LogP) is 4.76. The lowest BCUT2D eigenvalue weighted by atomic mass is 9.79. The second-order valence-electron chi connectivity index (χ2n) is 14.5. The summed E-state index contributed by atoms with van der Waals surface area (Å²) in [6.07, 6.45) is 2.51. The fourth-order valence-electron chi connectivity index (χ4n) is 6.97. The van der Waals surface area contributed by atoms with Gasteiger partial charge in [0.05, 0.1) is 33.4 Å². The summed E-state index contributed by atoms with van der Waals surface area (Å²) in [5, 5.41) is 45.4. The third-order valence-corrected chi connectivity index (χ3v) is 13.0. The van der Waals surface area contributed by atoms with E-state index in [2.05, 4.69) is 29.4 Å². The maximum absolute atomic E-state index is 14.4. The first-order valence-electron chi connectivity index (χ1n) is 19.0. The lowest BCUT2D eigenvalue weighted by Gasteiger charge is -2.37. The Balaban J connectivity index is 1.60. The van der Waals surface area contributed by atoms with Crippen molar-refractivity contribution >= 4 is 44.8 Å². The molecule has 1 aliphatic rings. The Morgan fingerprint density at radius 2 is 1.56 bits per heavy atom. The van der Waals surface area contributed by atoms with Crippen LogP contribution in [-0.4, -0.2) is 97.3 Å². The molecule has 0 aliphatic carbocycles. The number of hydrogen-bond donors (Lipinski definition) is 6. The van der Waals surface area contributed by atoms with E-state index < -0.39 is 77.1 Å². The second kappa shape index (κ2) is 20.5. The van der Waals surface area contributed by atoms with Crippen LogP contribution in [-0.2, 0) is 19.4 Å². The van der Waals surface area contributed by atoms with Gasteiger partial charge in [0.25, 0.3) is 5.91 Å². The van der Waals surface area contributed by atoms with Crippen molar-refractivity contribution in [1.29, 1.82) is 0 Å². The molecule has 302 valence electrons. The van der Waals surface area contributed by atoms with E-state index in [1.807, 2.05) is 42.7 Å². The third-order valence-electron chi connectivity index (χ3n) is 10.2. The summed E-state index contributed by atoms with van der Waals surface area (Å²) >= 11 is 1.37. The van der Waals surface area contributed by atoms with Crippen LogP contribution in [0.4, 0.5) is 11.4 Å². The molecule has 5 unspecified atom stereocenters. The number of thioether (sulfide) groups is 1. The minimum absolute atomic E-state index is 0.00606. The molecule has 0 saturated heterocycles. The molecule has 6 N–H and O–H groups in total. The van der Waals surface area contributed by atoms with Gasteiger partial charge in [-0.1, -0.05) is 95.0 Å². The van der Waals surface area contributed by atoms with Crippen molar-refractivity contribution in [3.05, 3.63) is 78.4 Å². The Kier molecular flexibility index (Phi) is 16.4. The molecular formula is C41H57N3O9S2. The topological polar surface area (TPSA) is 186 Å². The van der Waals surface area contributed by atoms with Crippen molar-refractivity contribution in [3.63, 3.8) is 0 Å². The Hall–Kier alpha value is -3.66. The number of carbonyl (C=O) groups excluding carboxylic acids is 2. The zero-order valence-corrected chi connectivity index (χ0v) is 33.8. The average Bonchev–Trinajstić information content (AvgIpc) is 3.29. The minimum Gasteiger partial charge on any atom is -0.483 e. The molecule has 4 rings (SSSR count). The van der Waals surface area contributed by atoms with Crippen molar-refractivity contribution < 1.29 is 43.2 Å². The molecular weight excluding hydrogens is 743 g/mol. The van der Waals surface area contributed by atoms with Gasteiger partial charge in [0.2, 0.25) is 5.91 Å². The van der Waals surface area contributed by atoms with E-state index in [1.54, 1.807) is 30.3 Å². The minimum atomic E-state index is -3.82. The zero-order valence-electron chi connectivity index (χ0n) is 32.2. The van der Waals surface area contributed by atoms with Crippen LogP contribution in [0.2, 0.25) is 0 Å². The van der Waals surface area contributed by atoms with Gasteiger partial charge in [0.1, 0.15) is 17.9 Å². The number of nitrogens with zero attached hydrogens (tertiary/aromatic N) is 1. The summed E-state index contributed by atoms with van der Waals surface area (Å²) < 4.78 is 34.9. The number of carbonyl (C=O) groups is 2. The summed E-state index contributed by atoms with van der Waals surface area (Å²) in [6.45, 7) is 4.89. The van der Waals surface area contributed by atoms with Gasteiger partial charge in [-0.05, 0) is 42.9 Å². The van der Waals surface area contributed by atoms with Crippen LogP contribution in [0.15, 0.2) is 82.6 Å². The Morgan fingerprint density at radius 1 is 0.945 bits per heavy atom. The SMILES string of the molecule is CCCCC1(CCCC)CN(c2ccccc2)c2cc(SC)c(OCC(=O)NC(C(=O)NCC(O)C(O)C(O)C(C)CO)c3ccccc3)cc2S(=O)(=O)C1. The lowest BCUT2D eigenvalue weighted by Crippen LogP contribution is -2.49. The second-order valence-corrected chi connectivity index (χ2v) is 17.3. The largest absolute Gasteiger partial charge is 0.483 e. The summed E-state index contributed by atoms with van der Waals surface area (Å²) in [4.78, 5) is 29.7. The zero-order chi connectivity index (χ0) is 40.2. The van der Waals surface area contributed by atoms with E-state index in [1.165, 1.54) is 24.8 Å². The number of amides is 2. The first-order valence-corrected chi connectivity index (χ1v) is 21.8. The molecule has 0 saturated carbocycles. The van der Waals surface area contributed by atoms with E-state index in [0.717, 1.165) is 44.2 Å². The highest BCUT2D eigenvalue weighted by Crippen LogP contribution is 2.47. The number of benzene rings is 3. The van der Waals surface area contributed by atoms with Crippen LogP contribution in [0.5, 0.6) is 5.75 Å². The Morgan fingerprint density at radius 3 is 2.15 bits per heavy atom. The number of anilines is 2. The average molecular weight is 800 g/mol. The molecule has 1 aliphatic heterocycles. The third kappa shape index (κ3) is 11.5. The summed E-state index contributed by atoms with van der Waals surface area (Å²) in [5.74, 6) is -1.84. The molecule has 1 heterocycles. The summed E-state index contributed by atoms with van der Waals surface area (Å²) in [5.41, 5.74) is 1.42. The highest BCUT2D eigenvalue weighted by Gasteiger charge is 2.42. The van der Waals surface area contributed by atoms with Gasteiger partial charge in [-0.3, -0.25) is 9.59 Å². The number of fused-ring (bicyclic) bond motifs is 1. The molecule has 2 amide bonds. The fourth-order valence-corrected chi connectivity index (χ4v) is 9.64. The van der Waals surface area contributed by atoms with Crippen LogP contribution < -0.4 is 20.3 Å². The molecule has 3 aromatic carbocycles. The lowest BCUT2D eigenvalue weighted by molar-refractivity contribution is -0.131. The van der Waals surface area contributed by atoms with Gasteiger partial charge in [-0.2, -0.15) is 0 Å². The van der Waals surface area contributed by atoms with E-state index in [-0.39, 0.29) is 16.4 Å². The standard InChI is InChI=1S/C41H57N3O9S2/c1-5-7-19-41(20-8-6-2)26-44(30-17-13-10-14-18-30)31-21-34(54-4)33(22-35(31)55(51,52)27-41)53-25-36(47)43-37(29-15-11-9-12-16-29)40(50)42-23-32(46)39(49)38(48)28(3)24-45/h9-18,21-22,28,32,37-39,45-46,48-49H,5-8,19-20,23-27H2,1-4H3,(H,42,50)(H,43,47). The predicted molar refractivity (Wildman–Crippen MR) is 215 cm³/mol. The van der Waals surface area contributed by atoms with Crippen LogP contribution in [0.1, 0.15) is 70.9 Å². The van der Waals surface area contributed by atoms with Gasteiger partial charge < -0.3 is 40.7 Å². The van der Waals surface area contributed by atoms with E-state index in [4.69, 9.17) is 4.74 Å². The van der Waals surface area contributed by atoms with Crippen molar-refractivity contribution in [2.75, 3.05) is 43.2 Å². The van der Waals surface area contributed by atoms with Gasteiger partial charge in [-0.15, -0.1) is 11.8 Å². The fraction of sp³-hybridized carbons (Fsp3) is 0.512. The summed E-state index contributed by atoms with van der Waals surface area (Å²) in [6, 6.07) is 20.4. The van der Waals surface area contributed by atoms with E-state index in [9.17, 15) is 38.4 Å². The van der Waals surface area contributed by atoms with Crippen LogP contribution in [0.3, 0.4) is 0 Å². The maximum Gasteiger partial charge on any atom is 0.258 e. The van der Waals surface area contributed by atoms with Gasteiger partial charge >= 0.3 is 0 Å². The number of sulfone groups is 1. The molecule has 0 spiro atoms. The molecule has 3 aromatic rings. The van der Waals surface area contributed by atoms with E-state index >= 15 is 0 Å². The van der Waals surface area contributed by atoms with E-state index in [0.29, 0.717) is 22.7 Å². The molecule has 0 bridgehead atoms. The normalized spacial score (nSPS) is 17.5. The number of hydrogen-bond acceptors (Lipinski definition) is 11. The monoisotopic (exact) mass is 799 g/mol. The van der Waals surface area contributed by atoms with Crippen molar-refractivity contribution in [1.82, 2.24) is 10.6 Å². The highest BCUT2D eigenvalue weighted by molar-refractivity contribution is 7.98. The number of unbranched alkanes of at least 4 members (excludes halogenated alkanes) is 2. The first-order chi connectivity index (χ1) is 26.3. The number of rotatable bonds is 20. The van der Waals surface area contributed by atoms with Crippen molar-refractivity contribution in [3.8, 4) is 5.75 Å². The number of aliphatic hydroxyl groups excluding tert-OH is 4. The van der Waals surface area contributed by atoms with Crippen molar-refractivity contribution in [2.45, 2.75) is 93.4 Å². The van der Waals surface area contributed by atoms with Crippen LogP contribution in [0, 0.1) is 11.3 Å². The number of para-hydroxylation sites is 1. The van der Waals surface area contributed by atoms with Gasteiger partial charge in [-0.25, -0.2) is 8.42 Å². The molecule has 0 radical (unpaired) electrons. The molecule has 55 heavy (non-hydrogen) atoms. The van der Waals surface area contributed by atoms with Crippen LogP contribution >= 0.6 is 11.8 Å². The van der Waals surface area contributed by atoms with Crippen molar-refractivity contribution in [2.24, 2.45) is 11.3 Å². The molecule has 5 atom stereocenters. The highest BCUT2D eigenvalue weighted by atomic mass is 32.2. The number of nitrogens with one attached hydrogen (secondary N) is 2. The molecule has 14 heteroatoms. The van der Waals surface area contributed by atoms with Gasteiger partial charge in [0, 0.05) is 42.8 Å². The Labute approximate surface area is 329 Å². The molecule has 12 nitrogen and oxygen atoms in total. The quantitative estimate of drug-likeness (QED) is 0.0866. The first kappa shape index (κ1) is 44.1. The number of ether oxygens (including phenoxy) is 1. The Bertz CT molecular complexity index is 1790. The molecule has 0 fully saturated rings. The molecule has 0 aromatic heterocycles. The smallest absolute Gasteiger partial charge is 0.258 e. The van der Waals surface area contributed by atoms with Crippen LogP contribution in [0.25, 0.3) is 0 Å². The summed E-state index contributed by atoms with van der Waals surface area (Å²) in [7, 11) is -3.82. The number of aliphatic hydroxyl groups is 4. The van der Waals surface area contributed by atoms with Gasteiger partial charge in [0.15, 0.2) is 16.4 Å².